The molecule has 3 rings (SSSR count). The lowest BCUT2D eigenvalue weighted by atomic mass is 10.2. The van der Waals surface area contributed by atoms with Gasteiger partial charge in [-0.3, -0.25) is 4.79 Å². The Morgan fingerprint density at radius 3 is 2.80 bits per heavy atom. The van der Waals surface area contributed by atoms with Crippen molar-refractivity contribution in [1.29, 1.82) is 0 Å². The Balaban J connectivity index is 1.51. The SMILES string of the molecule is O=C(NCc1ccc(OCC2CCCO2)cc1)c1cc(Cl)ccc1I. The van der Waals surface area contributed by atoms with Crippen LogP contribution < -0.4 is 10.1 Å². The van der Waals surface area contributed by atoms with Crippen LogP contribution in [0, 0.1) is 3.57 Å². The molecule has 1 amide bonds. The molecule has 0 saturated carbocycles. The largest absolute Gasteiger partial charge is 0.491 e. The quantitative estimate of drug-likeness (QED) is 0.634. The Kier molecular flexibility index (Phi) is 6.56. The van der Waals surface area contributed by atoms with Crippen molar-refractivity contribution in [3.63, 3.8) is 0 Å². The minimum absolute atomic E-state index is 0.134. The van der Waals surface area contributed by atoms with Crippen molar-refractivity contribution in [2.45, 2.75) is 25.5 Å². The van der Waals surface area contributed by atoms with Gasteiger partial charge in [0.25, 0.3) is 5.91 Å². The average molecular weight is 472 g/mol. The fourth-order valence-electron chi connectivity index (χ4n) is 2.62. The van der Waals surface area contributed by atoms with Gasteiger partial charge in [-0.1, -0.05) is 23.7 Å². The van der Waals surface area contributed by atoms with Crippen molar-refractivity contribution in [2.24, 2.45) is 0 Å². The zero-order valence-electron chi connectivity index (χ0n) is 13.6. The lowest BCUT2D eigenvalue weighted by Gasteiger charge is -2.12. The van der Waals surface area contributed by atoms with E-state index in [9.17, 15) is 4.79 Å². The maximum absolute atomic E-state index is 12.3. The molecule has 1 heterocycles. The number of amides is 1. The monoisotopic (exact) mass is 471 g/mol. The van der Waals surface area contributed by atoms with Gasteiger partial charge in [-0.15, -0.1) is 0 Å². The minimum atomic E-state index is -0.134. The molecule has 2 aromatic rings. The topological polar surface area (TPSA) is 47.6 Å². The summed E-state index contributed by atoms with van der Waals surface area (Å²) in [6.45, 7) is 1.87. The van der Waals surface area contributed by atoms with Crippen molar-refractivity contribution in [1.82, 2.24) is 5.32 Å². The van der Waals surface area contributed by atoms with Gasteiger partial charge in [-0.05, 0) is 71.3 Å². The van der Waals surface area contributed by atoms with E-state index in [1.807, 2.05) is 30.3 Å². The van der Waals surface area contributed by atoms with Crippen molar-refractivity contribution in [2.75, 3.05) is 13.2 Å². The number of halogens is 2. The molecule has 1 aliphatic heterocycles. The lowest BCUT2D eigenvalue weighted by molar-refractivity contribution is 0.0679. The summed E-state index contributed by atoms with van der Waals surface area (Å²) >= 11 is 8.10. The van der Waals surface area contributed by atoms with Gasteiger partial charge in [0.2, 0.25) is 0 Å². The molecule has 2 aromatic carbocycles. The molecule has 6 heteroatoms. The Morgan fingerprint density at radius 2 is 2.08 bits per heavy atom. The maximum Gasteiger partial charge on any atom is 0.252 e. The summed E-state index contributed by atoms with van der Waals surface area (Å²) in [5.74, 6) is 0.681. The molecule has 4 nitrogen and oxygen atoms in total. The van der Waals surface area contributed by atoms with Gasteiger partial charge < -0.3 is 14.8 Å². The average Bonchev–Trinajstić information content (AvgIpc) is 3.14. The first-order valence-corrected chi connectivity index (χ1v) is 9.64. The van der Waals surface area contributed by atoms with Crippen molar-refractivity contribution in [3.05, 3.63) is 62.2 Å². The molecule has 1 unspecified atom stereocenters. The van der Waals surface area contributed by atoms with E-state index in [-0.39, 0.29) is 12.0 Å². The van der Waals surface area contributed by atoms with Crippen LogP contribution in [0.15, 0.2) is 42.5 Å². The van der Waals surface area contributed by atoms with Crippen LogP contribution in [-0.2, 0) is 11.3 Å². The van der Waals surface area contributed by atoms with Crippen LogP contribution in [0.5, 0.6) is 5.75 Å². The zero-order valence-corrected chi connectivity index (χ0v) is 16.5. The van der Waals surface area contributed by atoms with E-state index in [1.165, 1.54) is 0 Å². The van der Waals surface area contributed by atoms with Crippen LogP contribution in [-0.4, -0.2) is 25.2 Å². The molecule has 1 N–H and O–H groups in total. The summed E-state index contributed by atoms with van der Waals surface area (Å²) in [6.07, 6.45) is 2.38. The van der Waals surface area contributed by atoms with Crippen LogP contribution in [0.3, 0.4) is 0 Å². The number of carbonyl (C=O) groups is 1. The number of rotatable bonds is 6. The molecular weight excluding hydrogens is 453 g/mol. The molecule has 1 aliphatic rings. The highest BCUT2D eigenvalue weighted by Gasteiger charge is 2.16. The summed E-state index contributed by atoms with van der Waals surface area (Å²) < 4.78 is 12.2. The smallest absolute Gasteiger partial charge is 0.252 e. The first-order chi connectivity index (χ1) is 12.1. The number of benzene rings is 2. The molecule has 0 aliphatic carbocycles. The van der Waals surface area contributed by atoms with E-state index in [4.69, 9.17) is 21.1 Å². The van der Waals surface area contributed by atoms with Gasteiger partial charge >= 0.3 is 0 Å². The van der Waals surface area contributed by atoms with E-state index in [1.54, 1.807) is 12.1 Å². The first-order valence-electron chi connectivity index (χ1n) is 8.18. The summed E-state index contributed by atoms with van der Waals surface area (Å²) in [5, 5.41) is 3.47. The third-order valence-corrected chi connectivity index (χ3v) is 5.19. The number of carbonyl (C=O) groups excluding carboxylic acids is 1. The second-order valence-electron chi connectivity index (χ2n) is 5.90. The molecule has 0 bridgehead atoms. The molecule has 1 atom stereocenters. The number of ether oxygens (including phenoxy) is 2. The lowest BCUT2D eigenvalue weighted by Crippen LogP contribution is -2.23. The van der Waals surface area contributed by atoms with Crippen molar-refractivity contribution >= 4 is 40.1 Å². The summed E-state index contributed by atoms with van der Waals surface area (Å²) in [5.41, 5.74) is 1.60. The van der Waals surface area contributed by atoms with Gasteiger partial charge in [0.05, 0.1) is 11.7 Å². The minimum Gasteiger partial charge on any atom is -0.491 e. The highest BCUT2D eigenvalue weighted by atomic mass is 127. The summed E-state index contributed by atoms with van der Waals surface area (Å²) in [4.78, 5) is 12.3. The van der Waals surface area contributed by atoms with Gasteiger partial charge in [-0.2, -0.15) is 0 Å². The summed E-state index contributed by atoms with van der Waals surface area (Å²) in [6, 6.07) is 13.0. The number of nitrogens with one attached hydrogen (secondary N) is 1. The fourth-order valence-corrected chi connectivity index (χ4v) is 3.37. The second kappa shape index (κ2) is 8.87. The first kappa shape index (κ1) is 18.5. The Hall–Kier alpha value is -1.31. The molecule has 0 radical (unpaired) electrons. The highest BCUT2D eigenvalue weighted by Crippen LogP contribution is 2.19. The number of hydrogen-bond acceptors (Lipinski definition) is 3. The Bertz CT molecular complexity index is 730. The Morgan fingerprint density at radius 1 is 1.28 bits per heavy atom. The molecular formula is C19H19ClINO3. The van der Waals surface area contributed by atoms with E-state index in [0.29, 0.717) is 23.7 Å². The third kappa shape index (κ3) is 5.33. The predicted molar refractivity (Wildman–Crippen MR) is 106 cm³/mol. The normalized spacial score (nSPS) is 16.6. The van der Waals surface area contributed by atoms with Gasteiger partial charge in [0, 0.05) is 21.7 Å². The van der Waals surface area contributed by atoms with Crippen LogP contribution in [0.25, 0.3) is 0 Å². The maximum atomic E-state index is 12.3. The van der Waals surface area contributed by atoms with E-state index in [0.717, 1.165) is 34.3 Å². The van der Waals surface area contributed by atoms with Gasteiger partial charge in [0.1, 0.15) is 12.4 Å². The number of hydrogen-bond donors (Lipinski definition) is 1. The fraction of sp³-hybridized carbons (Fsp3) is 0.316. The molecule has 1 fully saturated rings. The zero-order chi connectivity index (χ0) is 17.6. The van der Waals surface area contributed by atoms with Crippen LogP contribution in [0.4, 0.5) is 0 Å². The van der Waals surface area contributed by atoms with E-state index >= 15 is 0 Å². The van der Waals surface area contributed by atoms with Gasteiger partial charge in [0.15, 0.2) is 0 Å². The van der Waals surface area contributed by atoms with Crippen molar-refractivity contribution in [3.8, 4) is 5.75 Å². The second-order valence-corrected chi connectivity index (χ2v) is 7.50. The Labute approximate surface area is 166 Å². The van der Waals surface area contributed by atoms with Gasteiger partial charge in [-0.25, -0.2) is 0 Å². The molecule has 132 valence electrons. The van der Waals surface area contributed by atoms with Crippen LogP contribution >= 0.6 is 34.2 Å². The standard InChI is InChI=1S/C19H19ClINO3/c20-14-5-8-18(21)17(10-14)19(23)22-11-13-3-6-15(7-4-13)25-12-16-2-1-9-24-16/h3-8,10,16H,1-2,9,11-12H2,(H,22,23). The third-order valence-electron chi connectivity index (χ3n) is 4.01. The highest BCUT2D eigenvalue weighted by molar-refractivity contribution is 14.1. The predicted octanol–water partition coefficient (Wildman–Crippen LogP) is 4.43. The molecule has 25 heavy (non-hydrogen) atoms. The van der Waals surface area contributed by atoms with E-state index < -0.39 is 0 Å². The van der Waals surface area contributed by atoms with Crippen LogP contribution in [0.1, 0.15) is 28.8 Å². The van der Waals surface area contributed by atoms with E-state index in [2.05, 4.69) is 27.9 Å². The molecule has 0 aromatic heterocycles. The van der Waals surface area contributed by atoms with Crippen molar-refractivity contribution < 1.29 is 14.3 Å². The molecule has 0 spiro atoms. The van der Waals surface area contributed by atoms with Crippen LogP contribution in [0.2, 0.25) is 5.02 Å². The molecule has 1 saturated heterocycles. The summed E-state index contributed by atoms with van der Waals surface area (Å²) in [7, 11) is 0.